The summed E-state index contributed by atoms with van der Waals surface area (Å²) >= 11 is 0. The van der Waals surface area contributed by atoms with E-state index >= 15 is 0 Å². The third-order valence-corrected chi connectivity index (χ3v) is 4.96. The zero-order valence-corrected chi connectivity index (χ0v) is 15.1. The molecule has 5 aromatic rings. The fourth-order valence-corrected chi connectivity index (χ4v) is 3.46. The second-order valence-corrected chi connectivity index (χ2v) is 6.72. The Morgan fingerprint density at radius 2 is 1.79 bits per heavy atom. The van der Waals surface area contributed by atoms with Crippen LogP contribution >= 0.6 is 0 Å². The molecule has 0 spiro atoms. The maximum atomic E-state index is 14.9. The first kappa shape index (κ1) is 17.2. The van der Waals surface area contributed by atoms with Gasteiger partial charge in [-0.25, -0.2) is 13.8 Å². The van der Waals surface area contributed by atoms with Crippen molar-refractivity contribution in [3.05, 3.63) is 101 Å². The van der Waals surface area contributed by atoms with Crippen molar-refractivity contribution in [1.29, 1.82) is 0 Å². The first-order chi connectivity index (χ1) is 14.1. The van der Waals surface area contributed by atoms with Gasteiger partial charge in [-0.3, -0.25) is 14.3 Å². The molecule has 5 nitrogen and oxygen atoms in total. The lowest BCUT2D eigenvalue weighted by atomic mass is 10.0. The topological polar surface area (TPSA) is 52.2 Å². The molecule has 0 amide bonds. The Labute approximate surface area is 163 Å². The summed E-state index contributed by atoms with van der Waals surface area (Å²) in [4.78, 5) is 20.3. The lowest BCUT2D eigenvalue weighted by Crippen LogP contribution is -2.22. The first-order valence-electron chi connectivity index (χ1n) is 8.95. The van der Waals surface area contributed by atoms with Crippen LogP contribution in [0.15, 0.2) is 78.2 Å². The maximum absolute atomic E-state index is 14.9. The molecule has 0 N–H and O–H groups in total. The van der Waals surface area contributed by atoms with Crippen molar-refractivity contribution >= 4 is 16.6 Å². The fraction of sp³-hybridized carbons (Fsp3) is 0.0455. The smallest absolute Gasteiger partial charge is 0.269 e. The van der Waals surface area contributed by atoms with E-state index in [1.165, 1.54) is 22.9 Å². The Morgan fingerprint density at radius 3 is 2.62 bits per heavy atom. The predicted octanol–water partition coefficient (Wildman–Crippen LogP) is 4.04. The maximum Gasteiger partial charge on any atom is 0.269 e. The molecule has 29 heavy (non-hydrogen) atoms. The Bertz CT molecular complexity index is 1420. The van der Waals surface area contributed by atoms with Gasteiger partial charge in [0.2, 0.25) is 0 Å². The zero-order valence-electron chi connectivity index (χ0n) is 15.1. The van der Waals surface area contributed by atoms with E-state index in [1.54, 1.807) is 12.3 Å². The van der Waals surface area contributed by atoms with Crippen LogP contribution < -0.4 is 5.56 Å². The van der Waals surface area contributed by atoms with E-state index in [-0.39, 0.29) is 12.1 Å². The lowest BCUT2D eigenvalue weighted by molar-refractivity contribution is 0.545. The third-order valence-electron chi connectivity index (χ3n) is 4.96. The van der Waals surface area contributed by atoms with Crippen LogP contribution in [0.5, 0.6) is 0 Å². The molecule has 4 aromatic heterocycles. The van der Waals surface area contributed by atoms with Crippen molar-refractivity contribution in [3.8, 4) is 11.1 Å². The van der Waals surface area contributed by atoms with Crippen molar-refractivity contribution in [2.75, 3.05) is 0 Å². The van der Waals surface area contributed by atoms with Crippen molar-refractivity contribution in [2.24, 2.45) is 0 Å². The van der Waals surface area contributed by atoms with Crippen LogP contribution in [0, 0.1) is 11.6 Å². The normalized spacial score (nSPS) is 11.4. The number of fused-ring (bicyclic) bond motifs is 2. The molecule has 0 unspecified atom stereocenters. The number of benzene rings is 1. The van der Waals surface area contributed by atoms with E-state index in [9.17, 15) is 13.6 Å². The molecule has 0 atom stereocenters. The highest BCUT2D eigenvalue weighted by Crippen LogP contribution is 2.26. The molecule has 142 valence electrons. The monoisotopic (exact) mass is 388 g/mol. The van der Waals surface area contributed by atoms with Gasteiger partial charge in [0.05, 0.1) is 30.0 Å². The molecular formula is C22H14F2N4O. The molecule has 0 saturated heterocycles. The Kier molecular flexibility index (Phi) is 3.94. The average Bonchev–Trinajstić information content (AvgIpc) is 3.19. The number of aromatic nitrogens is 4. The number of nitrogens with zero attached hydrogens (tertiary/aromatic N) is 4. The minimum Gasteiger partial charge on any atom is -0.323 e. The first-order valence-corrected chi connectivity index (χ1v) is 8.95. The van der Waals surface area contributed by atoms with Gasteiger partial charge in [-0.05, 0) is 47.5 Å². The molecule has 0 aliphatic carbocycles. The Balaban J connectivity index is 1.59. The van der Waals surface area contributed by atoms with Crippen molar-refractivity contribution in [2.45, 2.75) is 6.54 Å². The van der Waals surface area contributed by atoms with Gasteiger partial charge in [-0.2, -0.15) is 0 Å². The summed E-state index contributed by atoms with van der Waals surface area (Å²) in [5, 5.41) is 0. The second-order valence-electron chi connectivity index (χ2n) is 6.72. The Morgan fingerprint density at radius 1 is 0.966 bits per heavy atom. The third kappa shape index (κ3) is 2.97. The van der Waals surface area contributed by atoms with Crippen molar-refractivity contribution in [1.82, 2.24) is 18.9 Å². The van der Waals surface area contributed by atoms with Gasteiger partial charge in [0.15, 0.2) is 0 Å². The van der Waals surface area contributed by atoms with Gasteiger partial charge in [-0.1, -0.05) is 6.07 Å². The molecule has 0 bridgehead atoms. The molecule has 4 heterocycles. The number of rotatable bonds is 3. The summed E-state index contributed by atoms with van der Waals surface area (Å²) in [5.41, 5.74) is 2.41. The molecule has 5 rings (SSSR count). The summed E-state index contributed by atoms with van der Waals surface area (Å²) in [6, 6.07) is 11.8. The highest BCUT2D eigenvalue weighted by Gasteiger charge is 2.15. The second kappa shape index (κ2) is 6.63. The quantitative estimate of drug-likeness (QED) is 0.469. The van der Waals surface area contributed by atoms with Gasteiger partial charge >= 0.3 is 0 Å². The SMILES string of the molecule is O=c1cnc2ccncc2n1Cc1c(F)cc(-c2ccc3cccn3c2)cc1F. The molecule has 7 heteroatoms. The van der Waals surface area contributed by atoms with E-state index in [2.05, 4.69) is 9.97 Å². The van der Waals surface area contributed by atoms with Gasteiger partial charge in [-0.15, -0.1) is 0 Å². The standard InChI is InChI=1S/C22H14F2N4O/c23-18-8-15(14-3-4-16-2-1-7-27(16)12-14)9-19(24)17(18)13-28-21-10-25-6-5-20(21)26-11-22(28)29/h1-12H,13H2. The summed E-state index contributed by atoms with van der Waals surface area (Å²) < 4.78 is 32.9. The van der Waals surface area contributed by atoms with Crippen LogP contribution in [-0.4, -0.2) is 18.9 Å². The molecular weight excluding hydrogens is 374 g/mol. The van der Waals surface area contributed by atoms with Crippen molar-refractivity contribution < 1.29 is 8.78 Å². The molecule has 0 saturated carbocycles. The summed E-state index contributed by atoms with van der Waals surface area (Å²) in [5.74, 6) is -1.43. The Hall–Kier alpha value is -3.87. The molecule has 0 aliphatic rings. The largest absolute Gasteiger partial charge is 0.323 e. The van der Waals surface area contributed by atoms with E-state index in [1.807, 2.05) is 41.1 Å². The van der Waals surface area contributed by atoms with Crippen LogP contribution in [-0.2, 0) is 6.54 Å². The molecule has 0 aliphatic heterocycles. The van der Waals surface area contributed by atoms with Crippen LogP contribution in [0.4, 0.5) is 8.78 Å². The molecule has 0 radical (unpaired) electrons. The number of pyridine rings is 2. The predicted molar refractivity (Wildman–Crippen MR) is 106 cm³/mol. The van der Waals surface area contributed by atoms with Crippen LogP contribution in [0.25, 0.3) is 27.7 Å². The van der Waals surface area contributed by atoms with E-state index < -0.39 is 17.2 Å². The number of hydrogen-bond acceptors (Lipinski definition) is 3. The molecule has 1 aromatic carbocycles. The summed E-state index contributed by atoms with van der Waals surface area (Å²) in [7, 11) is 0. The van der Waals surface area contributed by atoms with Crippen LogP contribution in [0.2, 0.25) is 0 Å². The van der Waals surface area contributed by atoms with Gasteiger partial charge in [0, 0.05) is 29.7 Å². The highest BCUT2D eigenvalue weighted by atomic mass is 19.1. The van der Waals surface area contributed by atoms with E-state index in [0.717, 1.165) is 11.7 Å². The van der Waals surface area contributed by atoms with Crippen LogP contribution in [0.3, 0.4) is 0 Å². The van der Waals surface area contributed by atoms with Crippen LogP contribution in [0.1, 0.15) is 5.56 Å². The minimum atomic E-state index is -0.714. The highest BCUT2D eigenvalue weighted by molar-refractivity contribution is 5.73. The fourth-order valence-electron chi connectivity index (χ4n) is 3.46. The van der Waals surface area contributed by atoms with Gasteiger partial charge in [0.1, 0.15) is 11.6 Å². The van der Waals surface area contributed by atoms with Gasteiger partial charge < -0.3 is 4.40 Å². The van der Waals surface area contributed by atoms with Crippen molar-refractivity contribution in [3.63, 3.8) is 0 Å². The van der Waals surface area contributed by atoms with E-state index in [4.69, 9.17) is 0 Å². The summed E-state index contributed by atoms with van der Waals surface area (Å²) in [6.07, 6.45) is 7.82. The zero-order chi connectivity index (χ0) is 20.0. The number of hydrogen-bond donors (Lipinski definition) is 0. The average molecular weight is 388 g/mol. The van der Waals surface area contributed by atoms with E-state index in [0.29, 0.717) is 22.2 Å². The number of halogens is 2. The minimum absolute atomic E-state index is 0.186. The lowest BCUT2D eigenvalue weighted by Gasteiger charge is -2.12. The molecule has 0 fully saturated rings. The summed E-state index contributed by atoms with van der Waals surface area (Å²) in [6.45, 7) is -0.252. The van der Waals surface area contributed by atoms with Gasteiger partial charge in [0.25, 0.3) is 5.56 Å².